The molecule has 0 fully saturated rings. The fourth-order valence-corrected chi connectivity index (χ4v) is 2.06. The minimum Gasteiger partial charge on any atom is -0.397 e. The maximum atomic E-state index is 12.4. The molecule has 1 atom stereocenters. The molecule has 0 spiro atoms. The average Bonchev–Trinajstić information content (AvgIpc) is 2.92. The number of nitrogens with two attached hydrogens (primary N) is 1. The first-order chi connectivity index (χ1) is 10.1. The molecule has 0 bridgehead atoms. The van der Waals surface area contributed by atoms with Gasteiger partial charge in [-0.15, -0.1) is 0 Å². The highest BCUT2D eigenvalue weighted by atomic mass is 16.2. The van der Waals surface area contributed by atoms with Gasteiger partial charge >= 0.3 is 0 Å². The summed E-state index contributed by atoms with van der Waals surface area (Å²) in [5, 5.41) is 7.23. The molecule has 1 heterocycles. The molecule has 6 heteroatoms. The minimum atomic E-state index is -0.438. The van der Waals surface area contributed by atoms with Crippen LogP contribution in [0, 0.1) is 0 Å². The van der Waals surface area contributed by atoms with Crippen molar-refractivity contribution in [1.29, 1.82) is 0 Å². The number of hydrogen-bond donors (Lipinski definition) is 2. The Morgan fingerprint density at radius 2 is 2.05 bits per heavy atom. The molecule has 112 valence electrons. The quantitative estimate of drug-likeness (QED) is 0.825. The van der Waals surface area contributed by atoms with E-state index in [-0.39, 0.29) is 5.91 Å². The topological polar surface area (TPSA) is 85.8 Å². The van der Waals surface area contributed by atoms with Crippen LogP contribution in [0.4, 0.5) is 11.4 Å². The second-order valence-corrected chi connectivity index (χ2v) is 4.85. The molecule has 0 aliphatic heterocycles. The molecule has 1 amide bonds. The lowest BCUT2D eigenvalue weighted by Gasteiger charge is -2.15. The number of nitrogens with one attached hydrogen (secondary N) is 1. The van der Waals surface area contributed by atoms with Gasteiger partial charge in [-0.3, -0.25) is 4.79 Å². The maximum Gasteiger partial charge on any atom is 0.249 e. The van der Waals surface area contributed by atoms with E-state index in [2.05, 4.69) is 15.4 Å². The zero-order valence-electron chi connectivity index (χ0n) is 12.6. The maximum absolute atomic E-state index is 12.4. The zero-order valence-corrected chi connectivity index (χ0v) is 12.6. The van der Waals surface area contributed by atoms with E-state index in [1.165, 1.54) is 0 Å². The Hall–Kier alpha value is -2.37. The van der Waals surface area contributed by atoms with Crippen LogP contribution in [0.1, 0.15) is 38.5 Å². The van der Waals surface area contributed by atoms with Crippen LogP contribution in [0.15, 0.2) is 24.3 Å². The highest BCUT2D eigenvalue weighted by Crippen LogP contribution is 2.19. The molecule has 21 heavy (non-hydrogen) atoms. The zero-order chi connectivity index (χ0) is 15.4. The van der Waals surface area contributed by atoms with Crippen LogP contribution >= 0.6 is 0 Å². The molecule has 1 aromatic heterocycles. The van der Waals surface area contributed by atoms with Crippen LogP contribution in [0.2, 0.25) is 0 Å². The second-order valence-electron chi connectivity index (χ2n) is 4.85. The number of nitrogens with zero attached hydrogens (tertiary/aromatic N) is 3. The van der Waals surface area contributed by atoms with E-state index >= 15 is 0 Å². The highest BCUT2D eigenvalue weighted by Gasteiger charge is 2.20. The van der Waals surface area contributed by atoms with Crippen LogP contribution in [-0.2, 0) is 17.6 Å². The van der Waals surface area contributed by atoms with Gasteiger partial charge in [0.25, 0.3) is 0 Å². The third-order valence-electron chi connectivity index (χ3n) is 3.34. The van der Waals surface area contributed by atoms with Crippen molar-refractivity contribution in [3.8, 4) is 0 Å². The summed E-state index contributed by atoms with van der Waals surface area (Å²) < 4.78 is 1.69. The summed E-state index contributed by atoms with van der Waals surface area (Å²) >= 11 is 0. The second kappa shape index (κ2) is 6.39. The molecule has 0 aliphatic rings. The monoisotopic (exact) mass is 287 g/mol. The van der Waals surface area contributed by atoms with Gasteiger partial charge in [0.1, 0.15) is 11.9 Å². The number of rotatable bonds is 5. The van der Waals surface area contributed by atoms with Crippen molar-refractivity contribution in [2.24, 2.45) is 0 Å². The molecule has 0 radical (unpaired) electrons. The number of carbonyl (C=O) groups is 1. The van der Waals surface area contributed by atoms with Gasteiger partial charge in [0.05, 0.1) is 11.4 Å². The largest absolute Gasteiger partial charge is 0.397 e. The molecular weight excluding hydrogens is 266 g/mol. The molecule has 2 aromatic rings. The Labute approximate surface area is 124 Å². The lowest BCUT2D eigenvalue weighted by atomic mass is 10.2. The fourth-order valence-electron chi connectivity index (χ4n) is 2.06. The Morgan fingerprint density at radius 3 is 2.67 bits per heavy atom. The summed E-state index contributed by atoms with van der Waals surface area (Å²) in [6.45, 7) is 5.80. The summed E-state index contributed by atoms with van der Waals surface area (Å²) in [5.41, 5.74) is 7.00. The summed E-state index contributed by atoms with van der Waals surface area (Å²) in [4.78, 5) is 16.8. The van der Waals surface area contributed by atoms with Crippen molar-refractivity contribution >= 4 is 17.3 Å². The smallest absolute Gasteiger partial charge is 0.249 e. The first-order valence-electron chi connectivity index (χ1n) is 7.16. The molecule has 1 unspecified atom stereocenters. The van der Waals surface area contributed by atoms with Crippen LogP contribution in [0.25, 0.3) is 0 Å². The number of carbonyl (C=O) groups excluding carboxylic acids is 1. The summed E-state index contributed by atoms with van der Waals surface area (Å²) in [7, 11) is 0. The Bertz CT molecular complexity index is 635. The number of aromatic nitrogens is 3. The van der Waals surface area contributed by atoms with Crippen molar-refractivity contribution in [2.75, 3.05) is 11.1 Å². The lowest BCUT2D eigenvalue weighted by Crippen LogP contribution is -2.26. The van der Waals surface area contributed by atoms with Crippen molar-refractivity contribution in [2.45, 2.75) is 39.7 Å². The van der Waals surface area contributed by atoms with E-state index in [9.17, 15) is 4.79 Å². The Balaban J connectivity index is 2.19. The average molecular weight is 287 g/mol. The summed E-state index contributed by atoms with van der Waals surface area (Å²) in [6.07, 6.45) is 1.48. The van der Waals surface area contributed by atoms with Crippen molar-refractivity contribution in [1.82, 2.24) is 14.8 Å². The van der Waals surface area contributed by atoms with Crippen LogP contribution in [0.5, 0.6) is 0 Å². The van der Waals surface area contributed by atoms with E-state index in [4.69, 9.17) is 5.73 Å². The first kappa shape index (κ1) is 15.0. The number of nitrogen functional groups attached to an aromatic ring is 1. The van der Waals surface area contributed by atoms with Crippen molar-refractivity contribution in [3.05, 3.63) is 35.9 Å². The molecule has 3 N–H and O–H groups in total. The third kappa shape index (κ3) is 3.21. The van der Waals surface area contributed by atoms with Gasteiger partial charge in [-0.25, -0.2) is 9.67 Å². The molecule has 0 saturated carbocycles. The van der Waals surface area contributed by atoms with E-state index in [0.717, 1.165) is 24.5 Å². The molecular formula is C15H21N5O. The van der Waals surface area contributed by atoms with Crippen LogP contribution in [0.3, 0.4) is 0 Å². The Morgan fingerprint density at radius 1 is 1.33 bits per heavy atom. The highest BCUT2D eigenvalue weighted by molar-refractivity contribution is 5.96. The predicted octanol–water partition coefficient (Wildman–Crippen LogP) is 2.18. The third-order valence-corrected chi connectivity index (χ3v) is 3.34. The van der Waals surface area contributed by atoms with Crippen molar-refractivity contribution in [3.63, 3.8) is 0 Å². The van der Waals surface area contributed by atoms with Gasteiger partial charge in [-0.2, -0.15) is 5.10 Å². The number of hydrogen-bond acceptors (Lipinski definition) is 4. The summed E-state index contributed by atoms with van der Waals surface area (Å²) in [5.74, 6) is 1.41. The number of aryl methyl sites for hydroxylation is 2. The molecule has 6 nitrogen and oxygen atoms in total. The number of anilines is 2. The van der Waals surface area contributed by atoms with Crippen LogP contribution < -0.4 is 11.1 Å². The lowest BCUT2D eigenvalue weighted by molar-refractivity contribution is -0.119. The van der Waals surface area contributed by atoms with Gasteiger partial charge < -0.3 is 11.1 Å². The molecule has 0 saturated heterocycles. The van der Waals surface area contributed by atoms with Gasteiger partial charge in [0.2, 0.25) is 5.91 Å². The molecule has 2 rings (SSSR count). The molecule has 1 aromatic carbocycles. The van der Waals surface area contributed by atoms with Crippen molar-refractivity contribution < 1.29 is 4.79 Å². The predicted molar refractivity (Wildman–Crippen MR) is 83.0 cm³/mol. The molecule has 0 aliphatic carbocycles. The summed E-state index contributed by atoms with van der Waals surface area (Å²) in [6, 6.07) is 6.75. The number of amides is 1. The normalized spacial score (nSPS) is 12.1. The fraction of sp³-hybridized carbons (Fsp3) is 0.400. The van der Waals surface area contributed by atoms with Gasteiger partial charge in [-0.1, -0.05) is 26.0 Å². The SMILES string of the molecule is CCc1nc(CC)n(C(C)C(=O)Nc2ccccc2N)n1. The van der Waals surface area contributed by atoms with Crippen LogP contribution in [-0.4, -0.2) is 20.7 Å². The van der Waals surface area contributed by atoms with Gasteiger partial charge in [0.15, 0.2) is 5.82 Å². The van der Waals surface area contributed by atoms with E-state index in [0.29, 0.717) is 11.4 Å². The van der Waals surface area contributed by atoms with E-state index in [1.54, 1.807) is 16.8 Å². The van der Waals surface area contributed by atoms with Gasteiger partial charge in [0, 0.05) is 12.8 Å². The first-order valence-corrected chi connectivity index (χ1v) is 7.16. The van der Waals surface area contributed by atoms with E-state index < -0.39 is 6.04 Å². The standard InChI is InChI=1S/C15H21N5O/c1-4-13-18-14(5-2)20(19-13)10(3)15(21)17-12-9-7-6-8-11(12)16/h6-10H,4-5,16H2,1-3H3,(H,17,21). The Kier molecular flexibility index (Phi) is 4.57. The number of para-hydroxylation sites is 2. The van der Waals surface area contributed by atoms with Gasteiger partial charge in [-0.05, 0) is 19.1 Å². The minimum absolute atomic E-state index is 0.157. The number of benzene rings is 1. The van der Waals surface area contributed by atoms with E-state index in [1.807, 2.05) is 32.9 Å².